The topological polar surface area (TPSA) is 28.2 Å². The van der Waals surface area contributed by atoms with Crippen molar-refractivity contribution < 1.29 is 0 Å². The molecule has 1 N–H and O–H groups in total. The van der Waals surface area contributed by atoms with E-state index >= 15 is 0 Å². The Balaban J connectivity index is 1.69. The van der Waals surface area contributed by atoms with E-state index in [4.69, 9.17) is 0 Å². The lowest BCUT2D eigenvalue weighted by atomic mass is 10.1. The summed E-state index contributed by atoms with van der Waals surface area (Å²) in [5.41, 5.74) is 2.45. The van der Waals surface area contributed by atoms with Gasteiger partial charge in [-0.15, -0.1) is 0 Å². The predicted octanol–water partition coefficient (Wildman–Crippen LogP) is 2.81. The molecule has 2 aliphatic rings. The smallest absolute Gasteiger partial charge is 0.0722 e. The fraction of sp³-hybridized carbons (Fsp3) is 0.471. The SMILES string of the molecule is c1cc(N2CCCNC(C3CC3)C2)c2cccnc2c1. The summed E-state index contributed by atoms with van der Waals surface area (Å²) in [5.74, 6) is 0.906. The van der Waals surface area contributed by atoms with Crippen LogP contribution in [0.25, 0.3) is 10.9 Å². The van der Waals surface area contributed by atoms with Crippen LogP contribution in [0.15, 0.2) is 36.5 Å². The second-order valence-electron chi connectivity index (χ2n) is 6.04. The van der Waals surface area contributed by atoms with Gasteiger partial charge in [0.1, 0.15) is 0 Å². The Kier molecular flexibility index (Phi) is 3.07. The van der Waals surface area contributed by atoms with Crippen molar-refractivity contribution in [3.8, 4) is 0 Å². The van der Waals surface area contributed by atoms with E-state index in [9.17, 15) is 0 Å². The average molecular weight is 267 g/mol. The molecule has 1 unspecified atom stereocenters. The van der Waals surface area contributed by atoms with E-state index < -0.39 is 0 Å². The van der Waals surface area contributed by atoms with Gasteiger partial charge >= 0.3 is 0 Å². The van der Waals surface area contributed by atoms with Gasteiger partial charge in [0.05, 0.1) is 5.52 Å². The first kappa shape index (κ1) is 12.2. The lowest BCUT2D eigenvalue weighted by molar-refractivity contribution is 0.490. The van der Waals surface area contributed by atoms with Gasteiger partial charge in [-0.3, -0.25) is 4.98 Å². The van der Waals surface area contributed by atoms with Crippen molar-refractivity contribution in [1.82, 2.24) is 10.3 Å². The van der Waals surface area contributed by atoms with E-state index in [-0.39, 0.29) is 0 Å². The van der Waals surface area contributed by atoms with Gasteiger partial charge in [0.2, 0.25) is 0 Å². The molecule has 3 heteroatoms. The molecule has 2 fully saturated rings. The first-order valence-electron chi connectivity index (χ1n) is 7.74. The van der Waals surface area contributed by atoms with Crippen molar-refractivity contribution >= 4 is 16.6 Å². The fourth-order valence-corrected chi connectivity index (χ4v) is 3.35. The molecule has 0 radical (unpaired) electrons. The normalized spacial score (nSPS) is 23.8. The summed E-state index contributed by atoms with van der Waals surface area (Å²) in [6.07, 6.45) is 5.91. The molecule has 104 valence electrons. The van der Waals surface area contributed by atoms with E-state index in [2.05, 4.69) is 39.5 Å². The summed E-state index contributed by atoms with van der Waals surface area (Å²) in [6.45, 7) is 3.43. The number of rotatable bonds is 2. The van der Waals surface area contributed by atoms with Gasteiger partial charge in [-0.05, 0) is 56.0 Å². The molecule has 1 atom stereocenters. The highest BCUT2D eigenvalue weighted by molar-refractivity contribution is 5.91. The Morgan fingerprint density at radius 2 is 2.10 bits per heavy atom. The highest BCUT2D eigenvalue weighted by Gasteiger charge is 2.33. The van der Waals surface area contributed by atoms with Crippen molar-refractivity contribution in [3.63, 3.8) is 0 Å². The van der Waals surface area contributed by atoms with Gasteiger partial charge in [-0.1, -0.05) is 6.07 Å². The zero-order valence-corrected chi connectivity index (χ0v) is 11.8. The molecular formula is C17H21N3. The van der Waals surface area contributed by atoms with Gasteiger partial charge in [-0.25, -0.2) is 0 Å². The molecule has 0 bridgehead atoms. The van der Waals surface area contributed by atoms with Crippen LogP contribution in [0, 0.1) is 5.92 Å². The molecular weight excluding hydrogens is 246 g/mol. The number of nitrogens with one attached hydrogen (secondary N) is 1. The number of nitrogens with zero attached hydrogens (tertiary/aromatic N) is 2. The Bertz CT molecular complexity index is 601. The van der Waals surface area contributed by atoms with Crippen LogP contribution in [0.4, 0.5) is 5.69 Å². The molecule has 1 aliphatic carbocycles. The van der Waals surface area contributed by atoms with Crippen LogP contribution in [0.2, 0.25) is 0 Å². The van der Waals surface area contributed by atoms with Crippen molar-refractivity contribution in [2.75, 3.05) is 24.5 Å². The van der Waals surface area contributed by atoms with Gasteiger partial charge in [-0.2, -0.15) is 0 Å². The van der Waals surface area contributed by atoms with Crippen molar-refractivity contribution in [2.45, 2.75) is 25.3 Å². The average Bonchev–Trinajstić information content (AvgIpc) is 3.32. The van der Waals surface area contributed by atoms with Crippen LogP contribution in [0.3, 0.4) is 0 Å². The minimum absolute atomic E-state index is 0.671. The summed E-state index contributed by atoms with van der Waals surface area (Å²) >= 11 is 0. The molecule has 3 nitrogen and oxygen atoms in total. The standard InChI is InChI=1S/C17H21N3/c1-5-15-14(4-2-9-18-15)17(6-1)20-11-3-10-19-16(12-20)13-7-8-13/h1-2,4-6,9,13,16,19H,3,7-8,10-12H2. The Morgan fingerprint density at radius 1 is 1.15 bits per heavy atom. The Morgan fingerprint density at radius 3 is 3.00 bits per heavy atom. The molecule has 20 heavy (non-hydrogen) atoms. The Hall–Kier alpha value is -1.61. The summed E-state index contributed by atoms with van der Waals surface area (Å²) < 4.78 is 0. The number of anilines is 1. The second kappa shape index (κ2) is 5.06. The molecule has 2 heterocycles. The molecule has 1 aliphatic heterocycles. The quantitative estimate of drug-likeness (QED) is 0.907. The van der Waals surface area contributed by atoms with Gasteiger partial charge in [0.25, 0.3) is 0 Å². The third kappa shape index (κ3) is 2.27. The molecule has 1 aromatic heterocycles. The summed E-state index contributed by atoms with van der Waals surface area (Å²) in [5, 5.41) is 5.02. The zero-order valence-electron chi connectivity index (χ0n) is 11.8. The summed E-state index contributed by atoms with van der Waals surface area (Å²) in [4.78, 5) is 7.05. The number of pyridine rings is 1. The third-order valence-electron chi connectivity index (χ3n) is 4.58. The minimum atomic E-state index is 0.671. The largest absolute Gasteiger partial charge is 0.369 e. The molecule has 4 rings (SSSR count). The maximum atomic E-state index is 4.48. The second-order valence-corrected chi connectivity index (χ2v) is 6.04. The number of hydrogen-bond donors (Lipinski definition) is 1. The first-order valence-corrected chi connectivity index (χ1v) is 7.74. The van der Waals surface area contributed by atoms with E-state index in [0.717, 1.165) is 31.1 Å². The molecule has 1 aromatic carbocycles. The van der Waals surface area contributed by atoms with Crippen LogP contribution in [0.5, 0.6) is 0 Å². The highest BCUT2D eigenvalue weighted by Crippen LogP contribution is 2.35. The molecule has 1 saturated carbocycles. The third-order valence-corrected chi connectivity index (χ3v) is 4.58. The van der Waals surface area contributed by atoms with Crippen molar-refractivity contribution in [3.05, 3.63) is 36.5 Å². The van der Waals surface area contributed by atoms with Crippen LogP contribution >= 0.6 is 0 Å². The van der Waals surface area contributed by atoms with Crippen molar-refractivity contribution in [2.24, 2.45) is 5.92 Å². The van der Waals surface area contributed by atoms with Gasteiger partial charge < -0.3 is 10.2 Å². The van der Waals surface area contributed by atoms with E-state index in [1.54, 1.807) is 0 Å². The van der Waals surface area contributed by atoms with E-state index in [1.165, 1.54) is 30.3 Å². The lowest BCUT2D eigenvalue weighted by Gasteiger charge is -2.27. The number of fused-ring (bicyclic) bond motifs is 1. The zero-order chi connectivity index (χ0) is 13.4. The highest BCUT2D eigenvalue weighted by atomic mass is 15.2. The van der Waals surface area contributed by atoms with Crippen LogP contribution in [-0.4, -0.2) is 30.7 Å². The van der Waals surface area contributed by atoms with Crippen LogP contribution in [0.1, 0.15) is 19.3 Å². The minimum Gasteiger partial charge on any atom is -0.369 e. The Labute approximate surface area is 120 Å². The maximum absolute atomic E-state index is 4.48. The fourth-order valence-electron chi connectivity index (χ4n) is 3.35. The molecule has 0 spiro atoms. The van der Waals surface area contributed by atoms with E-state index in [0.29, 0.717) is 6.04 Å². The lowest BCUT2D eigenvalue weighted by Crippen LogP contribution is -2.39. The number of hydrogen-bond acceptors (Lipinski definition) is 3. The predicted molar refractivity (Wildman–Crippen MR) is 83.1 cm³/mol. The van der Waals surface area contributed by atoms with Gasteiger partial charge in [0.15, 0.2) is 0 Å². The van der Waals surface area contributed by atoms with Crippen LogP contribution < -0.4 is 10.2 Å². The van der Waals surface area contributed by atoms with E-state index in [1.807, 2.05) is 12.3 Å². The molecule has 2 aromatic rings. The van der Waals surface area contributed by atoms with Gasteiger partial charge in [0, 0.05) is 36.4 Å². The monoisotopic (exact) mass is 267 g/mol. The van der Waals surface area contributed by atoms with Crippen LogP contribution in [-0.2, 0) is 0 Å². The first-order chi connectivity index (χ1) is 9.92. The van der Waals surface area contributed by atoms with Crippen molar-refractivity contribution in [1.29, 1.82) is 0 Å². The summed E-state index contributed by atoms with van der Waals surface area (Å²) in [7, 11) is 0. The maximum Gasteiger partial charge on any atom is 0.0722 e. The number of aromatic nitrogens is 1. The molecule has 1 saturated heterocycles. The molecule has 0 amide bonds. The number of benzene rings is 1. The summed E-state index contributed by atoms with van der Waals surface area (Å²) in [6, 6.07) is 11.4.